The van der Waals surface area contributed by atoms with Crippen molar-refractivity contribution in [1.82, 2.24) is 0 Å². The van der Waals surface area contributed by atoms with E-state index in [-0.39, 0.29) is 18.1 Å². The van der Waals surface area contributed by atoms with Gasteiger partial charge in [-0.1, -0.05) is 37.2 Å². The van der Waals surface area contributed by atoms with Crippen molar-refractivity contribution in [2.24, 2.45) is 4.99 Å². The zero-order valence-electron chi connectivity index (χ0n) is 18.0. The Hall–Kier alpha value is -2.71. The molecular weight excluding hydrogens is 445 g/mol. The number of rotatable bonds is 6. The van der Waals surface area contributed by atoms with Crippen molar-refractivity contribution in [1.29, 1.82) is 0 Å². The monoisotopic (exact) mass is 468 g/mol. The lowest BCUT2D eigenvalue weighted by atomic mass is 9.98. The van der Waals surface area contributed by atoms with Gasteiger partial charge >= 0.3 is 6.18 Å². The highest BCUT2D eigenvalue weighted by atomic mass is 35.5. The molecular formula is C23H24ClF3N2O3. The van der Waals surface area contributed by atoms with Crippen LogP contribution in [0, 0.1) is 0 Å². The van der Waals surface area contributed by atoms with Crippen LogP contribution in [-0.2, 0) is 4.74 Å². The third kappa shape index (κ3) is 4.71. The average Bonchev–Trinajstić information content (AvgIpc) is 2.92. The van der Waals surface area contributed by atoms with Crippen LogP contribution in [0.5, 0.6) is 11.5 Å². The average molecular weight is 469 g/mol. The van der Waals surface area contributed by atoms with Crippen LogP contribution in [0.15, 0.2) is 53.7 Å². The number of para-hydroxylation sites is 1. The van der Waals surface area contributed by atoms with E-state index < -0.39 is 18.0 Å². The molecule has 2 aromatic carbocycles. The third-order valence-electron chi connectivity index (χ3n) is 4.98. The topological polar surface area (TPSA) is 43.3 Å². The van der Waals surface area contributed by atoms with E-state index in [9.17, 15) is 13.2 Å². The fourth-order valence-corrected chi connectivity index (χ4v) is 3.73. The largest absolute Gasteiger partial charge is 0.493 e. The maximum atomic E-state index is 13.8. The molecule has 0 radical (unpaired) electrons. The molecule has 1 aliphatic rings. The van der Waals surface area contributed by atoms with E-state index in [2.05, 4.69) is 11.6 Å². The minimum atomic E-state index is -4.67. The quantitative estimate of drug-likeness (QED) is 0.508. The number of hydrogen-bond donors (Lipinski definition) is 0. The summed E-state index contributed by atoms with van der Waals surface area (Å²) >= 11 is 6.25. The molecule has 0 aromatic heterocycles. The highest BCUT2D eigenvalue weighted by molar-refractivity contribution is 6.30. The van der Waals surface area contributed by atoms with Crippen molar-refractivity contribution < 1.29 is 27.4 Å². The maximum Gasteiger partial charge on any atom is 0.431 e. The van der Waals surface area contributed by atoms with Crippen molar-refractivity contribution in [3.05, 3.63) is 64.8 Å². The van der Waals surface area contributed by atoms with E-state index in [1.165, 1.54) is 26.4 Å². The second-order valence-corrected chi connectivity index (χ2v) is 7.49. The van der Waals surface area contributed by atoms with Crippen molar-refractivity contribution in [2.45, 2.75) is 25.6 Å². The Morgan fingerprint density at radius 2 is 1.97 bits per heavy atom. The summed E-state index contributed by atoms with van der Waals surface area (Å²) in [4.78, 5) is 5.38. The minimum absolute atomic E-state index is 0.113. The number of halogens is 4. The van der Waals surface area contributed by atoms with Gasteiger partial charge in [-0.25, -0.2) is 0 Å². The summed E-state index contributed by atoms with van der Waals surface area (Å²) in [5.74, 6) is 1.00. The number of ether oxygens (including phenoxy) is 3. The Morgan fingerprint density at radius 1 is 1.22 bits per heavy atom. The van der Waals surface area contributed by atoms with Gasteiger partial charge in [0.15, 0.2) is 11.5 Å². The van der Waals surface area contributed by atoms with Crippen molar-refractivity contribution in [2.75, 3.05) is 32.3 Å². The van der Waals surface area contributed by atoms with Gasteiger partial charge in [0.25, 0.3) is 0 Å². The van der Waals surface area contributed by atoms with E-state index >= 15 is 0 Å². The summed E-state index contributed by atoms with van der Waals surface area (Å²) in [6.07, 6.45) is -4.79. The highest BCUT2D eigenvalue weighted by Gasteiger charge is 2.41. The molecule has 0 saturated heterocycles. The Kier molecular flexibility index (Phi) is 7.36. The Bertz CT molecular complexity index is 1020. The lowest BCUT2D eigenvalue weighted by Crippen LogP contribution is -2.38. The van der Waals surface area contributed by atoms with Gasteiger partial charge in [-0.15, -0.1) is 0 Å². The van der Waals surface area contributed by atoms with Gasteiger partial charge < -0.3 is 14.2 Å². The van der Waals surface area contributed by atoms with Crippen molar-refractivity contribution in [3.8, 4) is 11.5 Å². The van der Waals surface area contributed by atoms with E-state index in [1.54, 1.807) is 24.3 Å². The fraction of sp³-hybridized carbons (Fsp3) is 0.348. The first-order valence-electron chi connectivity index (χ1n) is 9.94. The van der Waals surface area contributed by atoms with Crippen LogP contribution in [0.4, 0.5) is 18.9 Å². The minimum Gasteiger partial charge on any atom is -0.493 e. The summed E-state index contributed by atoms with van der Waals surface area (Å²) in [6.45, 7) is 5.38. The van der Waals surface area contributed by atoms with Crippen LogP contribution in [0.25, 0.3) is 0 Å². The molecule has 1 atom stereocenters. The van der Waals surface area contributed by atoms with Gasteiger partial charge in [0, 0.05) is 22.7 Å². The number of benzene rings is 2. The maximum absolute atomic E-state index is 13.8. The Balaban J connectivity index is 2.27. The molecule has 0 aliphatic carbocycles. The molecule has 1 unspecified atom stereocenters. The predicted molar refractivity (Wildman–Crippen MR) is 119 cm³/mol. The Labute approximate surface area is 190 Å². The molecule has 0 N–H and O–H groups in total. The molecule has 0 fully saturated rings. The van der Waals surface area contributed by atoms with E-state index in [0.29, 0.717) is 40.6 Å². The van der Waals surface area contributed by atoms with Crippen LogP contribution >= 0.6 is 11.6 Å². The molecule has 32 heavy (non-hydrogen) atoms. The van der Waals surface area contributed by atoms with Gasteiger partial charge in [0.05, 0.1) is 19.9 Å². The zero-order valence-corrected chi connectivity index (χ0v) is 18.8. The zero-order chi connectivity index (χ0) is 23.5. The highest BCUT2D eigenvalue weighted by Crippen LogP contribution is 2.45. The normalized spacial score (nSPS) is 17.7. The standard InChI is InChI=1S/C23H24ClF3N2O3/c1-5-11-28-20-13-32-21(16-7-6-8-19(30-3)22(16)31-4)17-12-15(24)9-10-18(17)29(20)14(2)23(25,26)27/h6-10,12,21H,2,5,11,13H2,1,3-4H3. The SMILES string of the molecule is C=C(N1C(=NCCC)COC(c2cccc(OC)c2OC)c2cc(Cl)ccc21)C(F)(F)F. The van der Waals surface area contributed by atoms with Crippen LogP contribution < -0.4 is 14.4 Å². The van der Waals surface area contributed by atoms with E-state index in [1.807, 2.05) is 6.92 Å². The fourth-order valence-electron chi connectivity index (χ4n) is 3.55. The molecule has 0 bridgehead atoms. The molecule has 0 spiro atoms. The van der Waals surface area contributed by atoms with E-state index in [4.69, 9.17) is 25.8 Å². The lowest BCUT2D eigenvalue weighted by Gasteiger charge is -2.29. The number of hydrogen-bond acceptors (Lipinski definition) is 4. The summed E-state index contributed by atoms with van der Waals surface area (Å²) < 4.78 is 58.4. The van der Waals surface area contributed by atoms with Gasteiger partial charge in [-0.3, -0.25) is 9.89 Å². The van der Waals surface area contributed by atoms with Crippen LogP contribution in [0.1, 0.15) is 30.6 Å². The first kappa shape index (κ1) is 23.9. The number of allylic oxidation sites excluding steroid dienone is 1. The third-order valence-corrected chi connectivity index (χ3v) is 5.22. The smallest absolute Gasteiger partial charge is 0.431 e. The number of nitrogens with zero attached hydrogens (tertiary/aromatic N) is 2. The Morgan fingerprint density at radius 3 is 2.59 bits per heavy atom. The van der Waals surface area contributed by atoms with Gasteiger partial charge in [0.2, 0.25) is 0 Å². The number of anilines is 1. The number of fused-ring (bicyclic) bond motifs is 1. The van der Waals surface area contributed by atoms with Crippen LogP contribution in [-0.4, -0.2) is 39.4 Å². The molecule has 5 nitrogen and oxygen atoms in total. The van der Waals surface area contributed by atoms with E-state index in [0.717, 1.165) is 4.90 Å². The van der Waals surface area contributed by atoms with Crippen LogP contribution in [0.2, 0.25) is 5.02 Å². The number of aliphatic imine (C=N–C) groups is 1. The first-order chi connectivity index (χ1) is 15.2. The van der Waals surface area contributed by atoms with Gasteiger partial charge in [0.1, 0.15) is 24.2 Å². The van der Waals surface area contributed by atoms with Crippen molar-refractivity contribution in [3.63, 3.8) is 0 Å². The lowest BCUT2D eigenvalue weighted by molar-refractivity contribution is -0.0918. The first-order valence-corrected chi connectivity index (χ1v) is 10.3. The molecule has 0 amide bonds. The summed E-state index contributed by atoms with van der Waals surface area (Å²) in [6, 6.07) is 9.88. The molecule has 2 aromatic rings. The van der Waals surface area contributed by atoms with Crippen LogP contribution in [0.3, 0.4) is 0 Å². The number of methoxy groups -OCH3 is 2. The second-order valence-electron chi connectivity index (χ2n) is 7.05. The summed E-state index contributed by atoms with van der Waals surface area (Å²) in [5, 5.41) is 0.353. The van der Waals surface area contributed by atoms with Gasteiger partial charge in [-0.05, 0) is 30.7 Å². The summed E-state index contributed by atoms with van der Waals surface area (Å²) in [5.41, 5.74) is 0.192. The number of amidine groups is 1. The summed E-state index contributed by atoms with van der Waals surface area (Å²) in [7, 11) is 2.99. The molecule has 3 rings (SSSR count). The molecule has 1 heterocycles. The molecule has 0 saturated carbocycles. The van der Waals surface area contributed by atoms with Crippen molar-refractivity contribution >= 4 is 23.1 Å². The predicted octanol–water partition coefficient (Wildman–Crippen LogP) is 6.17. The van der Waals surface area contributed by atoms with Gasteiger partial charge in [-0.2, -0.15) is 13.2 Å². The number of alkyl halides is 3. The molecule has 1 aliphatic heterocycles. The molecule has 172 valence electrons. The second kappa shape index (κ2) is 9.83. The molecule has 9 heteroatoms.